The summed E-state index contributed by atoms with van der Waals surface area (Å²) in [7, 11) is 1.72. The number of methoxy groups -OCH3 is 1. The molecule has 1 atom stereocenters. The lowest BCUT2D eigenvalue weighted by Gasteiger charge is -2.34. The normalized spacial score (nSPS) is 22.7. The summed E-state index contributed by atoms with van der Waals surface area (Å²) < 4.78 is 40.1. The van der Waals surface area contributed by atoms with E-state index in [1.54, 1.807) is 25.3 Å². The van der Waals surface area contributed by atoms with E-state index in [1.807, 2.05) is 0 Å². The van der Waals surface area contributed by atoms with Crippen molar-refractivity contribution in [2.24, 2.45) is 5.41 Å². The number of nitrogens with one attached hydrogen (secondary N) is 3. The van der Waals surface area contributed by atoms with Gasteiger partial charge in [-0.05, 0) is 74.6 Å². The van der Waals surface area contributed by atoms with E-state index in [1.165, 1.54) is 12.3 Å². The van der Waals surface area contributed by atoms with Gasteiger partial charge >= 0.3 is 0 Å². The van der Waals surface area contributed by atoms with Gasteiger partial charge in [-0.1, -0.05) is 13.0 Å². The van der Waals surface area contributed by atoms with Crippen LogP contribution in [0.25, 0.3) is 11.1 Å². The summed E-state index contributed by atoms with van der Waals surface area (Å²) >= 11 is 0. The van der Waals surface area contributed by atoms with E-state index in [4.69, 9.17) is 9.47 Å². The minimum Gasteiger partial charge on any atom is -0.383 e. The lowest BCUT2D eigenvalue weighted by Crippen LogP contribution is -2.42. The van der Waals surface area contributed by atoms with Crippen LogP contribution in [0.4, 0.5) is 20.3 Å². The molecule has 198 valence electrons. The fourth-order valence-corrected chi connectivity index (χ4v) is 5.23. The quantitative estimate of drug-likeness (QED) is 0.393. The standard InChI is InChI=1S/C28H40F2N4O2/c1-19(17-35-3)33-21-5-7-22(8-6-21)34-27-15-23(25(30)16-31-27)20-4-9-24(29)26(14-20)32-18-28(2)10-12-36-13-11-28/h4,9,14-16,19,21-22,32-33H,5-8,10-13,17-18H2,1-3H3,(H,31,34)/t19-,21-,22-/m0/s1. The van der Waals surface area contributed by atoms with Crippen molar-refractivity contribution >= 4 is 11.5 Å². The third-order valence-electron chi connectivity index (χ3n) is 7.55. The monoisotopic (exact) mass is 502 g/mol. The van der Waals surface area contributed by atoms with Gasteiger partial charge in [0.15, 0.2) is 0 Å². The summed E-state index contributed by atoms with van der Waals surface area (Å²) in [5.41, 5.74) is 1.48. The second-order valence-electron chi connectivity index (χ2n) is 10.7. The van der Waals surface area contributed by atoms with Crippen LogP contribution < -0.4 is 16.0 Å². The van der Waals surface area contributed by atoms with Gasteiger partial charge in [-0.2, -0.15) is 0 Å². The molecule has 1 saturated heterocycles. The maximum Gasteiger partial charge on any atom is 0.149 e. The third-order valence-corrected chi connectivity index (χ3v) is 7.55. The van der Waals surface area contributed by atoms with Gasteiger partial charge in [0, 0.05) is 50.6 Å². The SMILES string of the molecule is COC[C@H](C)N[C@H]1CC[C@H](Nc2cc(-c3ccc(F)c(NCC4(C)CCOCC4)c3)c(F)cn2)CC1. The number of rotatable bonds is 10. The summed E-state index contributed by atoms with van der Waals surface area (Å²) in [6, 6.07) is 7.55. The van der Waals surface area contributed by atoms with Crippen molar-refractivity contribution in [3.8, 4) is 11.1 Å². The van der Waals surface area contributed by atoms with Crippen molar-refractivity contribution in [3.63, 3.8) is 0 Å². The molecule has 3 N–H and O–H groups in total. The van der Waals surface area contributed by atoms with Crippen LogP contribution in [0, 0.1) is 17.0 Å². The van der Waals surface area contributed by atoms with Crippen molar-refractivity contribution in [1.29, 1.82) is 0 Å². The van der Waals surface area contributed by atoms with Crippen LogP contribution in [0.15, 0.2) is 30.5 Å². The fraction of sp³-hybridized carbons (Fsp3) is 0.607. The summed E-state index contributed by atoms with van der Waals surface area (Å²) in [6.45, 7) is 7.13. The van der Waals surface area contributed by atoms with E-state index in [-0.39, 0.29) is 17.3 Å². The first-order valence-electron chi connectivity index (χ1n) is 13.1. The van der Waals surface area contributed by atoms with E-state index >= 15 is 0 Å². The van der Waals surface area contributed by atoms with Crippen molar-refractivity contribution in [1.82, 2.24) is 10.3 Å². The van der Waals surface area contributed by atoms with Gasteiger partial charge in [-0.25, -0.2) is 13.8 Å². The Morgan fingerprint density at radius 1 is 1.08 bits per heavy atom. The summed E-state index contributed by atoms with van der Waals surface area (Å²) in [4.78, 5) is 4.28. The van der Waals surface area contributed by atoms with Gasteiger partial charge in [0.1, 0.15) is 17.5 Å². The van der Waals surface area contributed by atoms with Gasteiger partial charge in [0.05, 0.1) is 18.5 Å². The molecule has 0 unspecified atom stereocenters. The molecule has 4 rings (SSSR count). The zero-order chi connectivity index (χ0) is 25.5. The molecular weight excluding hydrogens is 462 g/mol. The molecule has 0 bridgehead atoms. The molecule has 0 spiro atoms. The van der Waals surface area contributed by atoms with Crippen molar-refractivity contribution in [2.75, 3.05) is 44.1 Å². The number of halogens is 2. The Hall–Kier alpha value is -2.29. The van der Waals surface area contributed by atoms with Crippen LogP contribution in [-0.4, -0.2) is 56.6 Å². The smallest absolute Gasteiger partial charge is 0.149 e. The predicted octanol–water partition coefficient (Wildman–Crippen LogP) is 5.60. The Morgan fingerprint density at radius 3 is 2.53 bits per heavy atom. The van der Waals surface area contributed by atoms with Crippen LogP contribution in [0.5, 0.6) is 0 Å². The van der Waals surface area contributed by atoms with Crippen LogP contribution in [-0.2, 0) is 9.47 Å². The molecule has 0 radical (unpaired) electrons. The molecule has 1 aliphatic carbocycles. The van der Waals surface area contributed by atoms with E-state index in [0.29, 0.717) is 47.9 Å². The third kappa shape index (κ3) is 7.14. The molecule has 36 heavy (non-hydrogen) atoms. The summed E-state index contributed by atoms with van der Waals surface area (Å²) in [5.74, 6) is -0.119. The molecule has 8 heteroatoms. The van der Waals surface area contributed by atoms with Gasteiger partial charge in [-0.15, -0.1) is 0 Å². The second kappa shape index (κ2) is 12.3. The average Bonchev–Trinajstić information content (AvgIpc) is 2.87. The van der Waals surface area contributed by atoms with Gasteiger partial charge in [0.2, 0.25) is 0 Å². The summed E-state index contributed by atoms with van der Waals surface area (Å²) in [5, 5.41) is 10.4. The number of ether oxygens (including phenoxy) is 2. The Kier molecular flexibility index (Phi) is 9.14. The van der Waals surface area contributed by atoms with Crippen LogP contribution in [0.2, 0.25) is 0 Å². The highest BCUT2D eigenvalue weighted by molar-refractivity contribution is 5.71. The topological polar surface area (TPSA) is 67.4 Å². The highest BCUT2D eigenvalue weighted by Gasteiger charge is 2.27. The number of hydrogen-bond acceptors (Lipinski definition) is 6. The number of aromatic nitrogens is 1. The maximum absolute atomic E-state index is 14.8. The first kappa shape index (κ1) is 26.8. The minimum absolute atomic E-state index is 0.0516. The maximum atomic E-state index is 14.8. The molecule has 0 amide bonds. The molecule has 2 aliphatic rings. The largest absolute Gasteiger partial charge is 0.383 e. The van der Waals surface area contributed by atoms with E-state index in [0.717, 1.165) is 51.7 Å². The molecule has 2 fully saturated rings. The highest BCUT2D eigenvalue weighted by atomic mass is 19.1. The average molecular weight is 503 g/mol. The lowest BCUT2D eigenvalue weighted by molar-refractivity contribution is 0.0300. The Balaban J connectivity index is 1.39. The van der Waals surface area contributed by atoms with E-state index in [9.17, 15) is 8.78 Å². The molecule has 1 aliphatic heterocycles. The first-order valence-corrected chi connectivity index (χ1v) is 13.1. The van der Waals surface area contributed by atoms with Gasteiger partial charge in [0.25, 0.3) is 0 Å². The summed E-state index contributed by atoms with van der Waals surface area (Å²) in [6.07, 6.45) is 7.27. The van der Waals surface area contributed by atoms with Crippen LogP contribution in [0.3, 0.4) is 0 Å². The van der Waals surface area contributed by atoms with E-state index < -0.39 is 5.82 Å². The molecular formula is C28H40F2N4O2. The van der Waals surface area contributed by atoms with Crippen molar-refractivity contribution in [2.45, 2.75) is 70.5 Å². The number of anilines is 2. The van der Waals surface area contributed by atoms with Gasteiger partial charge < -0.3 is 25.4 Å². The van der Waals surface area contributed by atoms with E-state index in [2.05, 4.69) is 34.8 Å². The second-order valence-corrected chi connectivity index (χ2v) is 10.7. The fourth-order valence-electron chi connectivity index (χ4n) is 5.23. The van der Waals surface area contributed by atoms with Crippen LogP contribution >= 0.6 is 0 Å². The predicted molar refractivity (Wildman–Crippen MR) is 140 cm³/mol. The number of nitrogens with zero attached hydrogens (tertiary/aromatic N) is 1. The number of benzene rings is 1. The van der Waals surface area contributed by atoms with Gasteiger partial charge in [-0.3, -0.25) is 0 Å². The molecule has 2 aromatic rings. The molecule has 6 nitrogen and oxygen atoms in total. The van der Waals surface area contributed by atoms with Crippen molar-refractivity contribution < 1.29 is 18.3 Å². The Bertz CT molecular complexity index is 992. The number of pyridine rings is 1. The molecule has 1 aromatic carbocycles. The lowest BCUT2D eigenvalue weighted by atomic mass is 9.82. The first-order chi connectivity index (χ1) is 17.3. The highest BCUT2D eigenvalue weighted by Crippen LogP contribution is 2.33. The Morgan fingerprint density at radius 2 is 1.81 bits per heavy atom. The van der Waals surface area contributed by atoms with Crippen molar-refractivity contribution in [3.05, 3.63) is 42.1 Å². The zero-order valence-corrected chi connectivity index (χ0v) is 21.7. The molecule has 1 saturated carbocycles. The molecule has 1 aromatic heterocycles. The van der Waals surface area contributed by atoms with Crippen LogP contribution in [0.1, 0.15) is 52.4 Å². The molecule has 2 heterocycles. The zero-order valence-electron chi connectivity index (χ0n) is 21.7. The number of hydrogen-bond donors (Lipinski definition) is 3. The Labute approximate surface area is 213 Å². The minimum atomic E-state index is -0.422.